The molecule has 0 amide bonds. The first-order valence-electron chi connectivity index (χ1n) is 8.20. The molecule has 3 nitrogen and oxygen atoms in total. The zero-order valence-corrected chi connectivity index (χ0v) is 16.4. The Morgan fingerprint density at radius 1 is 1.24 bits per heavy atom. The van der Waals surface area contributed by atoms with Crippen LogP contribution in [0.15, 0.2) is 41.3 Å². The highest BCUT2D eigenvalue weighted by Gasteiger charge is 2.16. The normalized spacial score (nSPS) is 13.1. The number of rotatable bonds is 8. The molecule has 0 aliphatic carbocycles. The third kappa shape index (κ3) is 7.23. The lowest BCUT2D eigenvalue weighted by Gasteiger charge is -2.20. The van der Waals surface area contributed by atoms with Crippen molar-refractivity contribution in [1.82, 2.24) is 0 Å². The number of nitrogens with two attached hydrogens (primary N) is 1. The average Bonchev–Trinajstić information content (AvgIpc) is 3.08. The Bertz CT molecular complexity index is 711. The molecule has 1 unspecified atom stereocenters. The first kappa shape index (κ1) is 20.0. The molecule has 1 aromatic carbocycles. The molecule has 0 bridgehead atoms. The first-order valence-corrected chi connectivity index (χ1v) is 10.2. The molecule has 0 aliphatic rings. The van der Waals surface area contributed by atoms with Gasteiger partial charge >= 0.3 is 0 Å². The summed E-state index contributed by atoms with van der Waals surface area (Å²) >= 11 is 3.41. The van der Waals surface area contributed by atoms with E-state index in [0.29, 0.717) is 13.2 Å². The van der Waals surface area contributed by atoms with Crippen molar-refractivity contribution in [3.8, 4) is 11.8 Å². The molecule has 134 valence electrons. The van der Waals surface area contributed by atoms with Crippen LogP contribution < -0.4 is 5.73 Å². The van der Waals surface area contributed by atoms with Gasteiger partial charge in [0, 0.05) is 15.3 Å². The quantitative estimate of drug-likeness (QED) is 0.420. The van der Waals surface area contributed by atoms with Crippen molar-refractivity contribution in [2.75, 3.05) is 19.5 Å². The second-order valence-electron chi connectivity index (χ2n) is 6.22. The zero-order valence-electron chi connectivity index (χ0n) is 14.7. The van der Waals surface area contributed by atoms with Crippen LogP contribution in [0.2, 0.25) is 0 Å². The van der Waals surface area contributed by atoms with Gasteiger partial charge in [0.05, 0.1) is 18.1 Å². The highest BCUT2D eigenvalue weighted by molar-refractivity contribution is 7.98. The number of hydrogen-bond donors (Lipinski definition) is 2. The van der Waals surface area contributed by atoms with Crippen molar-refractivity contribution >= 4 is 23.1 Å². The van der Waals surface area contributed by atoms with E-state index in [2.05, 4.69) is 48.4 Å². The molecular formula is C20H25NO2S2. The van der Waals surface area contributed by atoms with E-state index >= 15 is 0 Å². The molecular weight excluding hydrogens is 350 g/mol. The lowest BCUT2D eigenvalue weighted by Crippen LogP contribution is -2.40. The number of aryl methyl sites for hydroxylation is 1. The van der Waals surface area contributed by atoms with Crippen LogP contribution >= 0.6 is 23.1 Å². The van der Waals surface area contributed by atoms with Crippen LogP contribution in [-0.2, 0) is 17.8 Å². The summed E-state index contributed by atoms with van der Waals surface area (Å²) in [4.78, 5) is 3.53. The lowest BCUT2D eigenvalue weighted by molar-refractivity contribution is 0.153. The van der Waals surface area contributed by atoms with E-state index in [4.69, 9.17) is 10.5 Å². The van der Waals surface area contributed by atoms with Gasteiger partial charge in [-0.3, -0.25) is 0 Å². The molecule has 0 saturated carbocycles. The van der Waals surface area contributed by atoms with Gasteiger partial charge in [-0.1, -0.05) is 24.0 Å². The lowest BCUT2D eigenvalue weighted by atomic mass is 9.98. The minimum Gasteiger partial charge on any atom is -0.394 e. The third-order valence-corrected chi connectivity index (χ3v) is 5.58. The predicted octanol–water partition coefficient (Wildman–Crippen LogP) is 3.68. The molecule has 0 spiro atoms. The summed E-state index contributed by atoms with van der Waals surface area (Å²) < 4.78 is 5.61. The van der Waals surface area contributed by atoms with Gasteiger partial charge in [-0.15, -0.1) is 23.1 Å². The summed E-state index contributed by atoms with van der Waals surface area (Å²) in [7, 11) is 0. The van der Waals surface area contributed by atoms with Gasteiger partial charge in [-0.05, 0) is 55.9 Å². The van der Waals surface area contributed by atoms with Crippen molar-refractivity contribution in [2.24, 2.45) is 5.73 Å². The topological polar surface area (TPSA) is 55.5 Å². The van der Waals surface area contributed by atoms with Crippen molar-refractivity contribution in [3.05, 3.63) is 51.7 Å². The van der Waals surface area contributed by atoms with E-state index < -0.39 is 5.54 Å². The Kier molecular flexibility index (Phi) is 8.01. The van der Waals surface area contributed by atoms with Crippen molar-refractivity contribution in [1.29, 1.82) is 0 Å². The van der Waals surface area contributed by atoms with Gasteiger partial charge in [0.2, 0.25) is 0 Å². The fourth-order valence-electron chi connectivity index (χ4n) is 2.13. The molecule has 1 atom stereocenters. The second kappa shape index (κ2) is 10.0. The Morgan fingerprint density at radius 2 is 2.00 bits per heavy atom. The standard InChI is InChI=1S/C20H25NO2S2/c1-20(21,15-22)12-11-19-10-9-18(25-19)4-3-13-23-14-16-5-7-17(24-2)8-6-16/h5-10,22H,11-15,21H2,1-2H3. The molecule has 25 heavy (non-hydrogen) atoms. The fourth-order valence-corrected chi connectivity index (χ4v) is 3.42. The Morgan fingerprint density at radius 3 is 2.68 bits per heavy atom. The number of ether oxygens (including phenoxy) is 1. The molecule has 0 saturated heterocycles. The van der Waals surface area contributed by atoms with Gasteiger partial charge in [0.1, 0.15) is 6.61 Å². The SMILES string of the molecule is CSc1ccc(COCC#Cc2ccc(CCC(C)(N)CO)s2)cc1. The van der Waals surface area contributed by atoms with Crippen molar-refractivity contribution in [3.63, 3.8) is 0 Å². The molecule has 2 aromatic rings. The van der Waals surface area contributed by atoms with Gasteiger partial charge in [-0.2, -0.15) is 0 Å². The number of aliphatic hydroxyl groups excluding tert-OH is 1. The smallest absolute Gasteiger partial charge is 0.108 e. The average molecular weight is 376 g/mol. The molecule has 0 fully saturated rings. The van der Waals surface area contributed by atoms with Crippen LogP contribution in [0.25, 0.3) is 0 Å². The van der Waals surface area contributed by atoms with Crippen LogP contribution in [-0.4, -0.2) is 30.1 Å². The maximum atomic E-state index is 9.19. The number of aliphatic hydroxyl groups is 1. The Labute approximate surface area is 158 Å². The summed E-state index contributed by atoms with van der Waals surface area (Å²) in [5.41, 5.74) is 6.60. The molecule has 2 rings (SSSR count). The zero-order chi connectivity index (χ0) is 18.1. The number of thiophene rings is 1. The van der Waals surface area contributed by atoms with E-state index in [1.54, 1.807) is 23.1 Å². The second-order valence-corrected chi connectivity index (χ2v) is 8.27. The first-order chi connectivity index (χ1) is 12.0. The summed E-state index contributed by atoms with van der Waals surface area (Å²) in [6.45, 7) is 2.87. The van der Waals surface area contributed by atoms with E-state index in [9.17, 15) is 5.11 Å². The molecule has 1 heterocycles. The summed E-state index contributed by atoms with van der Waals surface area (Å²) in [6.07, 6.45) is 3.69. The highest BCUT2D eigenvalue weighted by atomic mass is 32.2. The predicted molar refractivity (Wildman–Crippen MR) is 107 cm³/mol. The van der Waals surface area contributed by atoms with Gasteiger partial charge in [0.15, 0.2) is 0 Å². The fraction of sp³-hybridized carbons (Fsp3) is 0.400. The number of hydrogen-bond acceptors (Lipinski definition) is 5. The molecule has 1 aromatic heterocycles. The highest BCUT2D eigenvalue weighted by Crippen LogP contribution is 2.19. The summed E-state index contributed by atoms with van der Waals surface area (Å²) in [5.74, 6) is 6.20. The van der Waals surface area contributed by atoms with Gasteiger partial charge in [0.25, 0.3) is 0 Å². The van der Waals surface area contributed by atoms with Crippen LogP contribution in [0, 0.1) is 11.8 Å². The van der Waals surface area contributed by atoms with E-state index in [0.717, 1.165) is 23.3 Å². The van der Waals surface area contributed by atoms with Crippen LogP contribution in [0.1, 0.15) is 28.7 Å². The Hall–Kier alpha value is -1.29. The maximum Gasteiger partial charge on any atom is 0.108 e. The minimum absolute atomic E-state index is 0.00237. The van der Waals surface area contributed by atoms with Crippen LogP contribution in [0.3, 0.4) is 0 Å². The van der Waals surface area contributed by atoms with Crippen molar-refractivity contribution in [2.45, 2.75) is 36.8 Å². The number of thioether (sulfide) groups is 1. The van der Waals surface area contributed by atoms with E-state index in [-0.39, 0.29) is 6.61 Å². The molecule has 0 radical (unpaired) electrons. The van der Waals surface area contributed by atoms with Gasteiger partial charge < -0.3 is 15.6 Å². The molecule has 0 aliphatic heterocycles. The Balaban J connectivity index is 1.74. The van der Waals surface area contributed by atoms with Gasteiger partial charge in [-0.25, -0.2) is 0 Å². The monoisotopic (exact) mass is 375 g/mol. The summed E-state index contributed by atoms with van der Waals surface area (Å²) in [6, 6.07) is 12.5. The van der Waals surface area contributed by atoms with E-state index in [1.165, 1.54) is 9.77 Å². The third-order valence-electron chi connectivity index (χ3n) is 3.78. The maximum absolute atomic E-state index is 9.19. The summed E-state index contributed by atoms with van der Waals surface area (Å²) in [5, 5.41) is 9.19. The van der Waals surface area contributed by atoms with Crippen LogP contribution in [0.4, 0.5) is 0 Å². The molecule has 5 heteroatoms. The van der Waals surface area contributed by atoms with Crippen LogP contribution in [0.5, 0.6) is 0 Å². The molecule has 3 N–H and O–H groups in total. The van der Waals surface area contributed by atoms with Crippen molar-refractivity contribution < 1.29 is 9.84 Å². The minimum atomic E-state index is -0.516. The number of benzene rings is 1. The largest absolute Gasteiger partial charge is 0.394 e. The van der Waals surface area contributed by atoms with E-state index in [1.807, 2.05) is 13.0 Å².